The highest BCUT2D eigenvalue weighted by atomic mass is 16.5. The fourth-order valence-electron chi connectivity index (χ4n) is 2.43. The van der Waals surface area contributed by atoms with E-state index in [0.29, 0.717) is 19.4 Å². The van der Waals surface area contributed by atoms with Crippen molar-refractivity contribution in [1.82, 2.24) is 9.13 Å². The molecule has 0 radical (unpaired) electrons. The summed E-state index contributed by atoms with van der Waals surface area (Å²) in [5.74, 6) is -0.235. The van der Waals surface area contributed by atoms with Gasteiger partial charge >= 0.3 is 11.7 Å². The van der Waals surface area contributed by atoms with Gasteiger partial charge in [0.15, 0.2) is 0 Å². The number of fused-ring (bicyclic) bond motifs is 1. The number of hydrogen-bond acceptors (Lipinski definition) is 4. The predicted molar refractivity (Wildman–Crippen MR) is 81.0 cm³/mol. The molecule has 1 atom stereocenters. The van der Waals surface area contributed by atoms with Gasteiger partial charge in [-0.2, -0.15) is 0 Å². The summed E-state index contributed by atoms with van der Waals surface area (Å²) in [4.78, 5) is 23.3. The van der Waals surface area contributed by atoms with Crippen molar-refractivity contribution in [2.24, 2.45) is 19.8 Å². The zero-order chi connectivity index (χ0) is 15.6. The van der Waals surface area contributed by atoms with Crippen LogP contribution in [0.1, 0.15) is 31.4 Å². The number of aromatic nitrogens is 2. The van der Waals surface area contributed by atoms with E-state index in [9.17, 15) is 9.59 Å². The molecule has 1 heterocycles. The minimum absolute atomic E-state index is 0.0674. The maximum atomic E-state index is 11.9. The number of esters is 1. The van der Waals surface area contributed by atoms with Gasteiger partial charge in [-0.25, -0.2) is 4.79 Å². The second kappa shape index (κ2) is 6.13. The third-order valence-corrected chi connectivity index (χ3v) is 3.69. The summed E-state index contributed by atoms with van der Waals surface area (Å²) in [7, 11) is 3.48. The maximum absolute atomic E-state index is 11.9. The van der Waals surface area contributed by atoms with E-state index in [2.05, 4.69) is 0 Å². The summed E-state index contributed by atoms with van der Waals surface area (Å²) in [5, 5.41) is 0. The van der Waals surface area contributed by atoms with Crippen molar-refractivity contribution in [2.45, 2.75) is 25.8 Å². The number of benzene rings is 1. The molecule has 1 unspecified atom stereocenters. The molecule has 0 saturated heterocycles. The lowest BCUT2D eigenvalue weighted by atomic mass is 10.0. The summed E-state index contributed by atoms with van der Waals surface area (Å²) in [6, 6.07) is 5.44. The van der Waals surface area contributed by atoms with E-state index < -0.39 is 0 Å². The van der Waals surface area contributed by atoms with Crippen LogP contribution < -0.4 is 11.4 Å². The SMILES string of the molecule is CCOC(=O)CCC(N)c1ccc2c(c1)n(C)c(=O)n2C. The molecular weight excluding hydrogens is 270 g/mol. The average molecular weight is 291 g/mol. The molecule has 1 aromatic heterocycles. The Morgan fingerprint density at radius 1 is 1.29 bits per heavy atom. The number of aryl methyl sites for hydroxylation is 2. The first kappa shape index (κ1) is 15.3. The summed E-state index contributed by atoms with van der Waals surface area (Å²) < 4.78 is 8.09. The number of nitrogens with zero attached hydrogens (tertiary/aromatic N) is 2. The molecule has 2 aromatic rings. The Labute approximate surface area is 123 Å². The number of carbonyl (C=O) groups excluding carboxylic acids is 1. The lowest BCUT2D eigenvalue weighted by Gasteiger charge is -2.12. The van der Waals surface area contributed by atoms with Crippen LogP contribution in [0, 0.1) is 0 Å². The van der Waals surface area contributed by atoms with Gasteiger partial charge in [0, 0.05) is 26.6 Å². The standard InChI is InChI=1S/C15H21N3O3/c1-4-21-14(19)8-6-11(16)10-5-7-12-13(9-10)18(3)15(20)17(12)2/h5,7,9,11H,4,6,8,16H2,1-3H3. The Morgan fingerprint density at radius 3 is 2.62 bits per heavy atom. The number of nitrogens with two attached hydrogens (primary N) is 1. The molecule has 6 heteroatoms. The van der Waals surface area contributed by atoms with Gasteiger partial charge in [0.1, 0.15) is 0 Å². The summed E-state index contributed by atoms with van der Waals surface area (Å²) in [5.41, 5.74) is 8.67. The van der Waals surface area contributed by atoms with Crippen molar-refractivity contribution in [2.75, 3.05) is 6.61 Å². The first-order valence-corrected chi connectivity index (χ1v) is 7.02. The topological polar surface area (TPSA) is 79.2 Å². The number of rotatable bonds is 5. The number of hydrogen-bond donors (Lipinski definition) is 1. The molecule has 114 valence electrons. The quantitative estimate of drug-likeness (QED) is 0.840. The van der Waals surface area contributed by atoms with Crippen molar-refractivity contribution in [3.05, 3.63) is 34.2 Å². The van der Waals surface area contributed by atoms with Crippen molar-refractivity contribution in [1.29, 1.82) is 0 Å². The molecule has 1 aromatic carbocycles. The predicted octanol–water partition coefficient (Wildman–Crippen LogP) is 1.22. The Balaban J connectivity index is 2.21. The van der Waals surface area contributed by atoms with Crippen molar-refractivity contribution in [3.63, 3.8) is 0 Å². The van der Waals surface area contributed by atoms with Gasteiger partial charge in [-0.1, -0.05) is 6.07 Å². The fraction of sp³-hybridized carbons (Fsp3) is 0.467. The van der Waals surface area contributed by atoms with Crippen molar-refractivity contribution >= 4 is 17.0 Å². The lowest BCUT2D eigenvalue weighted by Crippen LogP contribution is -2.19. The largest absolute Gasteiger partial charge is 0.466 e. The molecule has 0 fully saturated rings. The molecule has 0 saturated carbocycles. The molecule has 0 aliphatic rings. The Morgan fingerprint density at radius 2 is 1.95 bits per heavy atom. The van der Waals surface area contributed by atoms with Crippen LogP contribution in [0.25, 0.3) is 11.0 Å². The monoisotopic (exact) mass is 291 g/mol. The summed E-state index contributed by atoms with van der Waals surface area (Å²) >= 11 is 0. The second-order valence-corrected chi connectivity index (χ2v) is 5.10. The normalized spacial score (nSPS) is 12.6. The molecule has 6 nitrogen and oxygen atoms in total. The third-order valence-electron chi connectivity index (χ3n) is 3.69. The highest BCUT2D eigenvalue weighted by molar-refractivity contribution is 5.77. The Kier molecular flexibility index (Phi) is 4.47. The van der Waals surface area contributed by atoms with E-state index in [-0.39, 0.29) is 17.7 Å². The highest BCUT2D eigenvalue weighted by Crippen LogP contribution is 2.21. The molecular formula is C15H21N3O3. The van der Waals surface area contributed by atoms with E-state index in [1.54, 1.807) is 30.2 Å². The van der Waals surface area contributed by atoms with Crippen LogP contribution in [0.4, 0.5) is 0 Å². The average Bonchev–Trinajstić information content (AvgIpc) is 2.69. The third kappa shape index (κ3) is 3.00. The Hall–Kier alpha value is -2.08. The molecule has 0 bridgehead atoms. The fourth-order valence-corrected chi connectivity index (χ4v) is 2.43. The maximum Gasteiger partial charge on any atom is 0.328 e. The van der Waals surface area contributed by atoms with Gasteiger partial charge in [0.05, 0.1) is 17.6 Å². The van der Waals surface area contributed by atoms with Crippen LogP contribution >= 0.6 is 0 Å². The van der Waals surface area contributed by atoms with Gasteiger partial charge in [-0.3, -0.25) is 13.9 Å². The molecule has 0 aliphatic carbocycles. The molecule has 0 amide bonds. The zero-order valence-electron chi connectivity index (χ0n) is 12.6. The van der Waals surface area contributed by atoms with Crippen LogP contribution in [0.3, 0.4) is 0 Å². The van der Waals surface area contributed by atoms with Crippen LogP contribution in [0.2, 0.25) is 0 Å². The number of ether oxygens (including phenoxy) is 1. The van der Waals surface area contributed by atoms with Crippen LogP contribution in [0.5, 0.6) is 0 Å². The molecule has 0 spiro atoms. The molecule has 21 heavy (non-hydrogen) atoms. The lowest BCUT2D eigenvalue weighted by molar-refractivity contribution is -0.143. The first-order chi connectivity index (χ1) is 9.95. The minimum atomic E-state index is -0.255. The molecule has 0 aliphatic heterocycles. The second-order valence-electron chi connectivity index (χ2n) is 5.10. The van der Waals surface area contributed by atoms with Gasteiger partial charge in [-0.15, -0.1) is 0 Å². The van der Waals surface area contributed by atoms with E-state index >= 15 is 0 Å². The molecule has 2 N–H and O–H groups in total. The van der Waals surface area contributed by atoms with Crippen LogP contribution in [-0.2, 0) is 23.6 Å². The highest BCUT2D eigenvalue weighted by Gasteiger charge is 2.13. The van der Waals surface area contributed by atoms with Crippen molar-refractivity contribution < 1.29 is 9.53 Å². The minimum Gasteiger partial charge on any atom is -0.466 e. The summed E-state index contributed by atoms with van der Waals surface area (Å²) in [6.07, 6.45) is 0.811. The summed E-state index contributed by atoms with van der Waals surface area (Å²) in [6.45, 7) is 2.16. The smallest absolute Gasteiger partial charge is 0.328 e. The molecule has 2 rings (SSSR count). The van der Waals surface area contributed by atoms with E-state index in [0.717, 1.165) is 16.6 Å². The van der Waals surface area contributed by atoms with Gasteiger partial charge in [-0.05, 0) is 31.0 Å². The van der Waals surface area contributed by atoms with E-state index in [1.807, 2.05) is 18.2 Å². The number of imidazole rings is 1. The zero-order valence-corrected chi connectivity index (χ0v) is 12.6. The van der Waals surface area contributed by atoms with Gasteiger partial charge in [0.2, 0.25) is 0 Å². The van der Waals surface area contributed by atoms with Crippen molar-refractivity contribution in [3.8, 4) is 0 Å². The first-order valence-electron chi connectivity index (χ1n) is 7.02. The van der Waals surface area contributed by atoms with Gasteiger partial charge < -0.3 is 10.5 Å². The number of carbonyl (C=O) groups is 1. The van der Waals surface area contributed by atoms with Crippen LogP contribution in [0.15, 0.2) is 23.0 Å². The van der Waals surface area contributed by atoms with Gasteiger partial charge in [0.25, 0.3) is 0 Å². The van der Waals surface area contributed by atoms with E-state index in [4.69, 9.17) is 10.5 Å². The van der Waals surface area contributed by atoms with Crippen LogP contribution in [-0.4, -0.2) is 21.7 Å². The van der Waals surface area contributed by atoms with E-state index in [1.165, 1.54) is 0 Å². The Bertz CT molecular complexity index is 715.